The number of Topliss-reactive ketones (excluding diaryl/α,β-unsaturated/α-hetero) is 1. The largest absolute Gasteiger partial charge is 0.490 e. The summed E-state index contributed by atoms with van der Waals surface area (Å²) in [6.07, 6.45) is 0.840. The van der Waals surface area contributed by atoms with Crippen molar-refractivity contribution in [2.24, 2.45) is 0 Å². The fourth-order valence-electron chi connectivity index (χ4n) is 2.82. The van der Waals surface area contributed by atoms with Gasteiger partial charge in [-0.15, -0.1) is 21.5 Å². The van der Waals surface area contributed by atoms with Crippen LogP contribution >= 0.6 is 23.1 Å². The van der Waals surface area contributed by atoms with Gasteiger partial charge < -0.3 is 14.0 Å². The Morgan fingerprint density at radius 1 is 1.22 bits per heavy atom. The lowest BCUT2D eigenvalue weighted by Gasteiger charge is -2.09. The molecule has 0 amide bonds. The zero-order chi connectivity index (χ0) is 18.6. The highest BCUT2D eigenvalue weighted by atomic mass is 32.2. The van der Waals surface area contributed by atoms with E-state index >= 15 is 0 Å². The second-order valence-corrected chi connectivity index (χ2v) is 7.84. The number of thiophene rings is 1. The molecule has 0 fully saturated rings. The van der Waals surface area contributed by atoms with Gasteiger partial charge in [0.15, 0.2) is 28.3 Å². The normalized spacial score (nSPS) is 13.4. The summed E-state index contributed by atoms with van der Waals surface area (Å²) in [5.74, 6) is 2.50. The maximum absolute atomic E-state index is 12.7. The summed E-state index contributed by atoms with van der Waals surface area (Å²) in [6, 6.07) is 9.39. The quantitative estimate of drug-likeness (QED) is 0.456. The highest BCUT2D eigenvalue weighted by Crippen LogP contribution is 2.31. The van der Waals surface area contributed by atoms with Gasteiger partial charge >= 0.3 is 0 Å². The first-order valence-electron chi connectivity index (χ1n) is 8.79. The Labute approximate surface area is 165 Å². The minimum Gasteiger partial charge on any atom is -0.490 e. The van der Waals surface area contributed by atoms with Gasteiger partial charge in [-0.2, -0.15) is 0 Å². The van der Waals surface area contributed by atoms with Gasteiger partial charge in [0.2, 0.25) is 0 Å². The molecule has 0 radical (unpaired) electrons. The molecule has 0 saturated carbocycles. The molecule has 27 heavy (non-hydrogen) atoms. The van der Waals surface area contributed by atoms with Crippen molar-refractivity contribution >= 4 is 28.9 Å². The molecule has 3 heterocycles. The molecule has 4 rings (SSSR count). The third-order valence-electron chi connectivity index (χ3n) is 4.18. The number of benzene rings is 1. The predicted octanol–water partition coefficient (Wildman–Crippen LogP) is 4.16. The monoisotopic (exact) mass is 401 g/mol. The molecule has 0 unspecified atom stereocenters. The summed E-state index contributed by atoms with van der Waals surface area (Å²) < 4.78 is 13.3. The minimum atomic E-state index is 0.0268. The Bertz CT molecular complexity index is 938. The molecule has 140 valence electrons. The van der Waals surface area contributed by atoms with Crippen LogP contribution in [-0.2, 0) is 6.54 Å². The molecular formula is C19H19N3O3S2. The molecule has 0 bridgehead atoms. The van der Waals surface area contributed by atoms with Gasteiger partial charge in [0.05, 0.1) is 23.8 Å². The average Bonchev–Trinajstić information content (AvgIpc) is 3.29. The van der Waals surface area contributed by atoms with Crippen LogP contribution in [0.1, 0.15) is 23.7 Å². The first kappa shape index (κ1) is 18.1. The first-order chi connectivity index (χ1) is 13.3. The first-order valence-corrected chi connectivity index (χ1v) is 10.7. The molecule has 0 spiro atoms. The van der Waals surface area contributed by atoms with Crippen LogP contribution < -0.4 is 9.47 Å². The van der Waals surface area contributed by atoms with Crippen molar-refractivity contribution in [2.75, 3.05) is 19.0 Å². The lowest BCUT2D eigenvalue weighted by Crippen LogP contribution is -2.05. The van der Waals surface area contributed by atoms with E-state index in [-0.39, 0.29) is 5.78 Å². The van der Waals surface area contributed by atoms with E-state index in [1.54, 1.807) is 23.5 Å². The molecule has 1 aliphatic rings. The van der Waals surface area contributed by atoms with Crippen LogP contribution in [0.15, 0.2) is 40.9 Å². The van der Waals surface area contributed by atoms with Crippen molar-refractivity contribution in [1.29, 1.82) is 0 Å². The number of hydrogen-bond donors (Lipinski definition) is 0. The molecule has 8 heteroatoms. The second-order valence-electron chi connectivity index (χ2n) is 5.95. The molecule has 2 aromatic heterocycles. The van der Waals surface area contributed by atoms with Crippen molar-refractivity contribution in [3.63, 3.8) is 0 Å². The highest BCUT2D eigenvalue weighted by Gasteiger charge is 2.17. The molecule has 0 N–H and O–H groups in total. The smallest absolute Gasteiger partial charge is 0.191 e. The Balaban J connectivity index is 1.48. The van der Waals surface area contributed by atoms with E-state index in [0.29, 0.717) is 36.0 Å². The van der Waals surface area contributed by atoms with Crippen LogP contribution in [0.2, 0.25) is 0 Å². The third kappa shape index (κ3) is 3.86. The Kier molecular flexibility index (Phi) is 5.45. The molecule has 6 nitrogen and oxygen atoms in total. The molecule has 1 aliphatic heterocycles. The molecule has 0 aliphatic carbocycles. The number of aromatic nitrogens is 3. The van der Waals surface area contributed by atoms with Gasteiger partial charge in [-0.25, -0.2) is 0 Å². The van der Waals surface area contributed by atoms with Gasteiger partial charge in [-0.3, -0.25) is 4.79 Å². The zero-order valence-electron chi connectivity index (χ0n) is 14.9. The van der Waals surface area contributed by atoms with Crippen LogP contribution in [0.25, 0.3) is 10.7 Å². The summed E-state index contributed by atoms with van der Waals surface area (Å²) in [5, 5.41) is 11.4. The summed E-state index contributed by atoms with van der Waals surface area (Å²) in [6.45, 7) is 4.04. The van der Waals surface area contributed by atoms with E-state index in [9.17, 15) is 4.79 Å². The summed E-state index contributed by atoms with van der Waals surface area (Å²) >= 11 is 3.04. The second kappa shape index (κ2) is 8.14. The lowest BCUT2D eigenvalue weighted by molar-refractivity contribution is 0.102. The number of thioether (sulfide) groups is 1. The Morgan fingerprint density at radius 2 is 2.07 bits per heavy atom. The average molecular weight is 402 g/mol. The van der Waals surface area contributed by atoms with Crippen molar-refractivity contribution in [1.82, 2.24) is 14.8 Å². The van der Waals surface area contributed by atoms with Gasteiger partial charge in [0, 0.05) is 18.5 Å². The maximum atomic E-state index is 12.7. The van der Waals surface area contributed by atoms with Crippen LogP contribution in [0.5, 0.6) is 11.5 Å². The third-order valence-corrected chi connectivity index (χ3v) is 6.01. The lowest BCUT2D eigenvalue weighted by atomic mass is 10.1. The van der Waals surface area contributed by atoms with E-state index in [1.165, 1.54) is 11.8 Å². The topological polar surface area (TPSA) is 66.2 Å². The molecule has 3 aromatic rings. The fourth-order valence-corrected chi connectivity index (χ4v) is 4.43. The van der Waals surface area contributed by atoms with E-state index in [0.717, 1.165) is 28.8 Å². The number of carbonyl (C=O) groups excluding carboxylic acids is 1. The number of hydrogen-bond acceptors (Lipinski definition) is 7. The minimum absolute atomic E-state index is 0.0268. The number of ether oxygens (including phenoxy) is 2. The number of ketones is 1. The van der Waals surface area contributed by atoms with Gasteiger partial charge in [0.25, 0.3) is 0 Å². The molecular weight excluding hydrogens is 382 g/mol. The van der Waals surface area contributed by atoms with Crippen LogP contribution in [0.3, 0.4) is 0 Å². The predicted molar refractivity (Wildman–Crippen MR) is 106 cm³/mol. The van der Waals surface area contributed by atoms with Gasteiger partial charge in [0.1, 0.15) is 0 Å². The number of fused-ring (bicyclic) bond motifs is 1. The number of nitrogens with zero attached hydrogens (tertiary/aromatic N) is 3. The van der Waals surface area contributed by atoms with Crippen molar-refractivity contribution in [3.8, 4) is 22.2 Å². The summed E-state index contributed by atoms with van der Waals surface area (Å²) in [4.78, 5) is 13.7. The van der Waals surface area contributed by atoms with Gasteiger partial charge in [-0.05, 0) is 36.6 Å². The van der Waals surface area contributed by atoms with E-state index in [4.69, 9.17) is 9.47 Å². The van der Waals surface area contributed by atoms with Crippen molar-refractivity contribution in [2.45, 2.75) is 25.0 Å². The van der Waals surface area contributed by atoms with Crippen LogP contribution in [0.4, 0.5) is 0 Å². The van der Waals surface area contributed by atoms with Crippen molar-refractivity contribution in [3.05, 3.63) is 41.3 Å². The molecule has 0 saturated heterocycles. The van der Waals surface area contributed by atoms with E-state index < -0.39 is 0 Å². The fraction of sp³-hybridized carbons (Fsp3) is 0.316. The standard InChI is InChI=1S/C19H19N3O3S2/c1-2-22-18(17-5-3-10-26-17)20-21-19(22)27-12-14(23)13-6-7-15-16(11-13)25-9-4-8-24-15/h3,5-7,10-11H,2,4,8-9,12H2,1H3. The van der Waals surface area contributed by atoms with E-state index in [2.05, 4.69) is 17.1 Å². The molecule has 1 aromatic carbocycles. The van der Waals surface area contributed by atoms with Crippen LogP contribution in [-0.4, -0.2) is 39.5 Å². The Morgan fingerprint density at radius 3 is 2.85 bits per heavy atom. The zero-order valence-corrected chi connectivity index (χ0v) is 16.5. The van der Waals surface area contributed by atoms with Crippen molar-refractivity contribution < 1.29 is 14.3 Å². The SMILES string of the molecule is CCn1c(SCC(=O)c2ccc3c(c2)OCCCO3)nnc1-c1cccs1. The van der Waals surface area contributed by atoms with Crippen LogP contribution in [0, 0.1) is 0 Å². The maximum Gasteiger partial charge on any atom is 0.191 e. The summed E-state index contributed by atoms with van der Waals surface area (Å²) in [5.41, 5.74) is 0.618. The molecule has 0 atom stereocenters. The summed E-state index contributed by atoms with van der Waals surface area (Å²) in [7, 11) is 0. The number of carbonyl (C=O) groups is 1. The van der Waals surface area contributed by atoms with Gasteiger partial charge in [-0.1, -0.05) is 17.8 Å². The van der Waals surface area contributed by atoms with E-state index in [1.807, 2.05) is 28.1 Å². The highest BCUT2D eigenvalue weighted by molar-refractivity contribution is 7.99. The Hall–Kier alpha value is -2.32. The number of rotatable bonds is 6.